The van der Waals surface area contributed by atoms with Crippen LogP contribution in [-0.4, -0.2) is 16.1 Å². The SMILES string of the molecule is O=C1c2n[nH]c(-c3ccco3)c2C(c2ccccc2)N1c1ccc(F)cc1. The molecule has 27 heavy (non-hydrogen) atoms. The van der Waals surface area contributed by atoms with E-state index in [4.69, 9.17) is 4.42 Å². The number of benzene rings is 2. The molecular formula is C21H14FN3O2. The monoisotopic (exact) mass is 359 g/mol. The van der Waals surface area contributed by atoms with E-state index >= 15 is 0 Å². The number of H-pyrrole nitrogens is 1. The Hall–Kier alpha value is -3.67. The van der Waals surface area contributed by atoms with Gasteiger partial charge in [0.2, 0.25) is 0 Å². The van der Waals surface area contributed by atoms with E-state index in [9.17, 15) is 9.18 Å². The standard InChI is InChI=1S/C21H14FN3O2/c22-14-8-10-15(11-9-14)25-20(13-5-2-1-3-6-13)17-18(16-7-4-12-27-16)23-24-19(17)21(25)26/h1-12,20H,(H,23,24). The molecule has 0 saturated heterocycles. The van der Waals surface area contributed by atoms with Crippen LogP contribution < -0.4 is 4.90 Å². The number of hydrogen-bond acceptors (Lipinski definition) is 3. The van der Waals surface area contributed by atoms with Crippen molar-refractivity contribution in [2.75, 3.05) is 4.90 Å². The van der Waals surface area contributed by atoms with Crippen molar-refractivity contribution < 1.29 is 13.6 Å². The highest BCUT2D eigenvalue weighted by Crippen LogP contribution is 2.44. The Kier molecular flexibility index (Phi) is 3.43. The average Bonchev–Trinajstić information content (AvgIpc) is 3.41. The Labute approximate surface area is 154 Å². The Morgan fingerprint density at radius 3 is 2.48 bits per heavy atom. The number of carbonyl (C=O) groups excluding carboxylic acids is 1. The molecule has 132 valence electrons. The Morgan fingerprint density at radius 1 is 1.00 bits per heavy atom. The number of rotatable bonds is 3. The molecule has 1 amide bonds. The third-order valence-corrected chi connectivity index (χ3v) is 4.74. The van der Waals surface area contributed by atoms with E-state index in [-0.39, 0.29) is 11.7 Å². The third-order valence-electron chi connectivity index (χ3n) is 4.74. The zero-order chi connectivity index (χ0) is 18.4. The minimum Gasteiger partial charge on any atom is -0.463 e. The second-order valence-corrected chi connectivity index (χ2v) is 6.30. The number of fused-ring (bicyclic) bond motifs is 1. The summed E-state index contributed by atoms with van der Waals surface area (Å²) in [7, 11) is 0. The molecule has 0 radical (unpaired) electrons. The molecule has 1 N–H and O–H groups in total. The molecule has 0 fully saturated rings. The van der Waals surface area contributed by atoms with Crippen LogP contribution in [0.25, 0.3) is 11.5 Å². The lowest BCUT2D eigenvalue weighted by Gasteiger charge is -2.26. The molecule has 0 aliphatic carbocycles. The number of anilines is 1. The smallest absolute Gasteiger partial charge is 0.280 e. The molecule has 1 unspecified atom stereocenters. The first-order valence-electron chi connectivity index (χ1n) is 8.50. The lowest BCUT2D eigenvalue weighted by Crippen LogP contribution is -2.29. The van der Waals surface area contributed by atoms with Gasteiger partial charge in [-0.1, -0.05) is 30.3 Å². The summed E-state index contributed by atoms with van der Waals surface area (Å²) < 4.78 is 18.9. The van der Waals surface area contributed by atoms with Gasteiger partial charge in [-0.15, -0.1) is 0 Å². The van der Waals surface area contributed by atoms with Gasteiger partial charge in [0, 0.05) is 11.3 Å². The van der Waals surface area contributed by atoms with Gasteiger partial charge in [0.25, 0.3) is 5.91 Å². The minimum absolute atomic E-state index is 0.237. The molecule has 1 atom stereocenters. The number of furan rings is 1. The van der Waals surface area contributed by atoms with E-state index in [2.05, 4.69) is 10.2 Å². The van der Waals surface area contributed by atoms with Crippen LogP contribution in [-0.2, 0) is 0 Å². The second kappa shape index (κ2) is 5.95. The van der Waals surface area contributed by atoms with Gasteiger partial charge in [-0.2, -0.15) is 5.10 Å². The van der Waals surface area contributed by atoms with Crippen LogP contribution in [0.4, 0.5) is 10.1 Å². The van der Waals surface area contributed by atoms with Crippen LogP contribution in [0.15, 0.2) is 77.4 Å². The maximum absolute atomic E-state index is 13.4. The van der Waals surface area contributed by atoms with Crippen LogP contribution in [0.2, 0.25) is 0 Å². The summed E-state index contributed by atoms with van der Waals surface area (Å²) in [5.41, 5.74) is 3.31. The number of carbonyl (C=O) groups is 1. The van der Waals surface area contributed by atoms with E-state index < -0.39 is 6.04 Å². The summed E-state index contributed by atoms with van der Waals surface area (Å²) in [6, 6.07) is 18.8. The number of aromatic nitrogens is 2. The van der Waals surface area contributed by atoms with Crippen LogP contribution in [0.1, 0.15) is 27.7 Å². The summed E-state index contributed by atoms with van der Waals surface area (Å²) in [4.78, 5) is 14.8. The van der Waals surface area contributed by atoms with Gasteiger partial charge in [-0.05, 0) is 42.0 Å². The quantitative estimate of drug-likeness (QED) is 0.583. The van der Waals surface area contributed by atoms with Gasteiger partial charge >= 0.3 is 0 Å². The Bertz CT molecular complexity index is 1100. The molecule has 6 heteroatoms. The van der Waals surface area contributed by atoms with Gasteiger partial charge in [-0.25, -0.2) is 4.39 Å². The summed E-state index contributed by atoms with van der Waals surface area (Å²) in [5, 5.41) is 7.19. The molecule has 1 aliphatic heterocycles. The Morgan fingerprint density at radius 2 is 1.78 bits per heavy atom. The van der Waals surface area contributed by atoms with E-state index in [0.29, 0.717) is 22.8 Å². The maximum Gasteiger partial charge on any atom is 0.280 e. The van der Waals surface area contributed by atoms with E-state index in [0.717, 1.165) is 11.1 Å². The minimum atomic E-state index is -0.391. The molecule has 1 aliphatic rings. The van der Waals surface area contributed by atoms with Crippen molar-refractivity contribution in [3.63, 3.8) is 0 Å². The highest BCUT2D eigenvalue weighted by atomic mass is 19.1. The number of nitrogens with zero attached hydrogens (tertiary/aromatic N) is 2. The maximum atomic E-state index is 13.4. The van der Waals surface area contributed by atoms with Crippen molar-refractivity contribution in [1.82, 2.24) is 10.2 Å². The predicted octanol–water partition coefficient (Wildman–Crippen LogP) is 4.56. The summed E-state index contributed by atoms with van der Waals surface area (Å²) in [6.07, 6.45) is 1.58. The van der Waals surface area contributed by atoms with Crippen molar-refractivity contribution in [3.05, 3.63) is 95.6 Å². The van der Waals surface area contributed by atoms with Crippen molar-refractivity contribution in [3.8, 4) is 11.5 Å². The van der Waals surface area contributed by atoms with Crippen molar-refractivity contribution >= 4 is 11.6 Å². The second-order valence-electron chi connectivity index (χ2n) is 6.30. The van der Waals surface area contributed by atoms with Gasteiger partial charge in [0.15, 0.2) is 11.5 Å². The fraction of sp³-hybridized carbons (Fsp3) is 0.0476. The molecule has 0 saturated carbocycles. The van der Waals surface area contributed by atoms with Gasteiger partial charge < -0.3 is 4.42 Å². The van der Waals surface area contributed by atoms with E-state index in [1.807, 2.05) is 36.4 Å². The molecule has 2 aromatic heterocycles. The van der Waals surface area contributed by atoms with Gasteiger partial charge in [0.05, 0.1) is 12.3 Å². The van der Waals surface area contributed by atoms with Crippen LogP contribution in [0.5, 0.6) is 0 Å². The van der Waals surface area contributed by atoms with Gasteiger partial charge in [-0.3, -0.25) is 14.8 Å². The molecule has 5 rings (SSSR count). The largest absolute Gasteiger partial charge is 0.463 e. The topological polar surface area (TPSA) is 62.1 Å². The summed E-state index contributed by atoms with van der Waals surface area (Å²) in [5.74, 6) is 0.0225. The molecule has 5 nitrogen and oxygen atoms in total. The summed E-state index contributed by atoms with van der Waals surface area (Å²) in [6.45, 7) is 0. The van der Waals surface area contributed by atoms with Crippen molar-refractivity contribution in [2.45, 2.75) is 6.04 Å². The molecular weight excluding hydrogens is 345 g/mol. The number of amides is 1. The number of halogens is 1. The van der Waals surface area contributed by atoms with Crippen LogP contribution in [0.3, 0.4) is 0 Å². The first-order chi connectivity index (χ1) is 13.2. The zero-order valence-corrected chi connectivity index (χ0v) is 14.1. The van der Waals surface area contributed by atoms with E-state index in [1.165, 1.54) is 12.1 Å². The normalized spacial score (nSPS) is 16.0. The number of aromatic amines is 1. The average molecular weight is 359 g/mol. The molecule has 4 aromatic rings. The van der Waals surface area contributed by atoms with Gasteiger partial charge in [0.1, 0.15) is 11.5 Å². The highest BCUT2D eigenvalue weighted by Gasteiger charge is 2.43. The first kappa shape index (κ1) is 15.6. The molecule has 0 spiro atoms. The van der Waals surface area contributed by atoms with Crippen molar-refractivity contribution in [2.24, 2.45) is 0 Å². The first-order valence-corrected chi connectivity index (χ1v) is 8.50. The molecule has 2 aromatic carbocycles. The van der Waals surface area contributed by atoms with Crippen LogP contribution >= 0.6 is 0 Å². The summed E-state index contributed by atoms with van der Waals surface area (Å²) >= 11 is 0. The zero-order valence-electron chi connectivity index (χ0n) is 14.1. The Balaban J connectivity index is 1.73. The third kappa shape index (κ3) is 2.38. The molecule has 3 heterocycles. The fourth-order valence-electron chi connectivity index (χ4n) is 3.57. The van der Waals surface area contributed by atoms with Crippen LogP contribution in [0, 0.1) is 5.82 Å². The van der Waals surface area contributed by atoms with Crippen molar-refractivity contribution in [1.29, 1.82) is 0 Å². The lowest BCUT2D eigenvalue weighted by atomic mass is 9.98. The molecule has 0 bridgehead atoms. The highest BCUT2D eigenvalue weighted by molar-refractivity contribution is 6.11. The van der Waals surface area contributed by atoms with E-state index in [1.54, 1.807) is 29.4 Å². The lowest BCUT2D eigenvalue weighted by molar-refractivity contribution is 0.0988. The number of nitrogens with one attached hydrogen (secondary N) is 1. The predicted molar refractivity (Wildman–Crippen MR) is 97.8 cm³/mol. The number of hydrogen-bond donors (Lipinski definition) is 1. The fourth-order valence-corrected chi connectivity index (χ4v) is 3.57.